The molecular weight excluding hydrogens is 381 g/mol. The molecule has 4 aromatic carbocycles. The summed E-state index contributed by atoms with van der Waals surface area (Å²) in [4.78, 5) is 4.41. The summed E-state index contributed by atoms with van der Waals surface area (Å²) in [7, 11) is 0. The Bertz CT molecular complexity index is 1270. The molecule has 0 saturated carbocycles. The molecule has 5 rings (SSSR count). The van der Waals surface area contributed by atoms with Crippen molar-refractivity contribution in [1.29, 1.82) is 0 Å². The molecule has 0 unspecified atom stereocenters. The van der Waals surface area contributed by atoms with E-state index < -0.39 is 0 Å². The van der Waals surface area contributed by atoms with Crippen LogP contribution in [0.15, 0.2) is 121 Å². The summed E-state index contributed by atoms with van der Waals surface area (Å²) < 4.78 is 13.1. The molecule has 0 N–H and O–H groups in total. The Morgan fingerprint density at radius 3 is 1.10 bits per heavy atom. The van der Waals surface area contributed by atoms with E-state index in [1.807, 2.05) is 24.4 Å². The summed E-state index contributed by atoms with van der Waals surface area (Å²) in [5.41, 5.74) is 8.86. The smallest absolute Gasteiger partial charge is 0.123 e. The number of hydrogen-bond acceptors (Lipinski definition) is 1. The van der Waals surface area contributed by atoms with Crippen LogP contribution in [0, 0.1) is 5.82 Å². The van der Waals surface area contributed by atoms with Crippen LogP contribution in [0.4, 0.5) is 4.39 Å². The average molecular weight is 401 g/mol. The first kappa shape index (κ1) is 19.0. The highest BCUT2D eigenvalue weighted by Gasteiger charge is 2.04. The van der Waals surface area contributed by atoms with Crippen LogP contribution in [0.3, 0.4) is 0 Å². The highest BCUT2D eigenvalue weighted by atomic mass is 19.1. The van der Waals surface area contributed by atoms with Crippen molar-refractivity contribution in [2.45, 2.75) is 0 Å². The Morgan fingerprint density at radius 1 is 0.387 bits per heavy atom. The second-order valence-electron chi connectivity index (χ2n) is 7.45. The SMILES string of the molecule is Fc1ccc(-c2ccc(-c3ccc(-c4ccc(-c5ccccn5)cc4)cc3)cc2)cc1. The monoisotopic (exact) mass is 401 g/mol. The van der Waals surface area contributed by atoms with Gasteiger partial charge in [0.2, 0.25) is 0 Å². The Morgan fingerprint density at radius 2 is 0.742 bits per heavy atom. The van der Waals surface area contributed by atoms with Crippen molar-refractivity contribution in [3.63, 3.8) is 0 Å². The summed E-state index contributed by atoms with van der Waals surface area (Å²) >= 11 is 0. The molecule has 0 aliphatic heterocycles. The Labute approximate surface area is 181 Å². The lowest BCUT2D eigenvalue weighted by Crippen LogP contribution is -1.84. The van der Waals surface area contributed by atoms with Crippen molar-refractivity contribution in [3.8, 4) is 44.6 Å². The summed E-state index contributed by atoms with van der Waals surface area (Å²) in [6.07, 6.45) is 1.81. The first-order valence-electron chi connectivity index (χ1n) is 10.2. The first-order chi connectivity index (χ1) is 15.3. The van der Waals surface area contributed by atoms with Gasteiger partial charge in [-0.05, 0) is 57.6 Å². The number of hydrogen-bond donors (Lipinski definition) is 0. The minimum atomic E-state index is -0.216. The highest BCUT2D eigenvalue weighted by Crippen LogP contribution is 2.28. The molecule has 31 heavy (non-hydrogen) atoms. The van der Waals surface area contributed by atoms with Crippen LogP contribution in [-0.2, 0) is 0 Å². The minimum Gasteiger partial charge on any atom is -0.256 e. The van der Waals surface area contributed by atoms with Crippen molar-refractivity contribution < 1.29 is 4.39 Å². The summed E-state index contributed by atoms with van der Waals surface area (Å²) in [5, 5.41) is 0. The van der Waals surface area contributed by atoms with Gasteiger partial charge >= 0.3 is 0 Å². The number of pyridine rings is 1. The van der Waals surface area contributed by atoms with E-state index >= 15 is 0 Å². The van der Waals surface area contributed by atoms with Crippen molar-refractivity contribution in [3.05, 3.63) is 127 Å². The zero-order valence-corrected chi connectivity index (χ0v) is 16.9. The first-order valence-corrected chi connectivity index (χ1v) is 10.2. The van der Waals surface area contributed by atoms with E-state index in [0.717, 1.165) is 27.9 Å². The van der Waals surface area contributed by atoms with Crippen molar-refractivity contribution in [2.24, 2.45) is 0 Å². The van der Waals surface area contributed by atoms with E-state index in [0.29, 0.717) is 0 Å². The lowest BCUT2D eigenvalue weighted by molar-refractivity contribution is 0.628. The predicted octanol–water partition coefficient (Wildman–Crippen LogP) is 7.89. The van der Waals surface area contributed by atoms with Gasteiger partial charge in [0, 0.05) is 11.8 Å². The third-order valence-electron chi connectivity index (χ3n) is 5.46. The van der Waals surface area contributed by atoms with Crippen LogP contribution < -0.4 is 0 Å². The number of nitrogens with zero attached hydrogens (tertiary/aromatic N) is 1. The maximum atomic E-state index is 13.1. The standard InChI is InChI=1S/C29H20FN/c30-28-18-16-26(17-19-28)24-10-8-22(9-11-24)21-4-6-23(7-5-21)25-12-14-27(15-13-25)29-3-1-2-20-31-29/h1-20H. The van der Waals surface area contributed by atoms with Gasteiger partial charge in [0.25, 0.3) is 0 Å². The molecule has 0 fully saturated rings. The van der Waals surface area contributed by atoms with Gasteiger partial charge in [0.1, 0.15) is 5.82 Å². The van der Waals surface area contributed by atoms with E-state index in [1.165, 1.54) is 28.8 Å². The molecule has 0 aliphatic rings. The summed E-state index contributed by atoms with van der Waals surface area (Å²) in [5.74, 6) is -0.216. The third kappa shape index (κ3) is 4.15. The van der Waals surface area contributed by atoms with Gasteiger partial charge < -0.3 is 0 Å². The Balaban J connectivity index is 1.34. The second-order valence-corrected chi connectivity index (χ2v) is 7.45. The van der Waals surface area contributed by atoms with Crippen molar-refractivity contribution in [1.82, 2.24) is 4.98 Å². The molecule has 0 bridgehead atoms. The molecule has 2 heteroatoms. The van der Waals surface area contributed by atoms with E-state index in [4.69, 9.17) is 0 Å². The quantitative estimate of drug-likeness (QED) is 0.298. The van der Waals surface area contributed by atoms with E-state index in [1.54, 1.807) is 12.1 Å². The molecule has 148 valence electrons. The lowest BCUT2D eigenvalue weighted by Gasteiger charge is -2.08. The van der Waals surface area contributed by atoms with Crippen LogP contribution in [-0.4, -0.2) is 4.98 Å². The molecule has 1 heterocycles. The molecule has 1 aromatic heterocycles. The lowest BCUT2D eigenvalue weighted by atomic mass is 9.97. The number of rotatable bonds is 4. The molecule has 5 aromatic rings. The fourth-order valence-corrected chi connectivity index (χ4v) is 3.72. The molecule has 0 amide bonds. The normalized spacial score (nSPS) is 10.7. The van der Waals surface area contributed by atoms with Gasteiger partial charge in [-0.1, -0.05) is 91.0 Å². The van der Waals surface area contributed by atoms with Crippen LogP contribution >= 0.6 is 0 Å². The molecule has 0 aliphatic carbocycles. The molecule has 1 nitrogen and oxygen atoms in total. The maximum absolute atomic E-state index is 13.1. The van der Waals surface area contributed by atoms with Gasteiger partial charge in [-0.25, -0.2) is 4.39 Å². The minimum absolute atomic E-state index is 0.216. The fraction of sp³-hybridized carbons (Fsp3) is 0. The highest BCUT2D eigenvalue weighted by molar-refractivity contribution is 5.74. The van der Waals surface area contributed by atoms with Gasteiger partial charge in [-0.15, -0.1) is 0 Å². The zero-order valence-electron chi connectivity index (χ0n) is 16.9. The molecule has 0 atom stereocenters. The largest absolute Gasteiger partial charge is 0.256 e. The topological polar surface area (TPSA) is 12.9 Å². The van der Waals surface area contributed by atoms with E-state index in [-0.39, 0.29) is 5.82 Å². The number of halogens is 1. The van der Waals surface area contributed by atoms with Gasteiger partial charge in [-0.3, -0.25) is 4.98 Å². The zero-order chi connectivity index (χ0) is 21.0. The number of aromatic nitrogens is 1. The Hall–Kier alpha value is -4.04. The molecule has 0 radical (unpaired) electrons. The molecular formula is C29H20FN. The summed E-state index contributed by atoms with van der Waals surface area (Å²) in [6.45, 7) is 0. The van der Waals surface area contributed by atoms with Crippen LogP contribution in [0.2, 0.25) is 0 Å². The van der Waals surface area contributed by atoms with E-state index in [2.05, 4.69) is 77.8 Å². The van der Waals surface area contributed by atoms with Gasteiger partial charge in [0.05, 0.1) is 5.69 Å². The Kier molecular flexibility index (Phi) is 5.12. The van der Waals surface area contributed by atoms with Crippen LogP contribution in [0.1, 0.15) is 0 Å². The third-order valence-corrected chi connectivity index (χ3v) is 5.46. The fourth-order valence-electron chi connectivity index (χ4n) is 3.72. The van der Waals surface area contributed by atoms with Crippen LogP contribution in [0.5, 0.6) is 0 Å². The second kappa shape index (κ2) is 8.37. The van der Waals surface area contributed by atoms with Gasteiger partial charge in [-0.2, -0.15) is 0 Å². The van der Waals surface area contributed by atoms with Crippen LogP contribution in [0.25, 0.3) is 44.6 Å². The van der Waals surface area contributed by atoms with Gasteiger partial charge in [0.15, 0.2) is 0 Å². The maximum Gasteiger partial charge on any atom is 0.123 e. The van der Waals surface area contributed by atoms with Crippen molar-refractivity contribution in [2.75, 3.05) is 0 Å². The van der Waals surface area contributed by atoms with Crippen molar-refractivity contribution >= 4 is 0 Å². The average Bonchev–Trinajstić information content (AvgIpc) is 2.85. The number of benzene rings is 4. The summed E-state index contributed by atoms with van der Waals surface area (Å²) in [6, 6.07) is 38.0. The predicted molar refractivity (Wildman–Crippen MR) is 126 cm³/mol. The molecule has 0 saturated heterocycles. The van der Waals surface area contributed by atoms with E-state index in [9.17, 15) is 4.39 Å². The molecule has 0 spiro atoms.